The Hall–Kier alpha value is -2.55. The summed E-state index contributed by atoms with van der Waals surface area (Å²) in [6.45, 7) is 0. The number of rotatable bonds is 4. The number of nitrogens with one attached hydrogen (secondary N) is 3. The predicted octanol–water partition coefficient (Wildman–Crippen LogP) is 1.05. The van der Waals surface area contributed by atoms with Crippen molar-refractivity contribution in [3.63, 3.8) is 0 Å². The van der Waals surface area contributed by atoms with Crippen LogP contribution in [0.4, 0.5) is 15.9 Å². The second-order valence-electron chi connectivity index (χ2n) is 4.18. The number of nitrogens with zero attached hydrogens (tertiary/aromatic N) is 1. The van der Waals surface area contributed by atoms with E-state index >= 15 is 0 Å². The molecule has 0 saturated carbocycles. The van der Waals surface area contributed by atoms with Gasteiger partial charge in [0.05, 0.1) is 22.5 Å². The Kier molecular flexibility index (Phi) is 3.85. The van der Waals surface area contributed by atoms with Crippen molar-refractivity contribution in [3.8, 4) is 0 Å². The van der Waals surface area contributed by atoms with Gasteiger partial charge in [-0.3, -0.25) is 4.79 Å². The lowest BCUT2D eigenvalue weighted by atomic mass is 10.2. The van der Waals surface area contributed by atoms with Crippen molar-refractivity contribution >= 4 is 27.6 Å². The standard InChI is InChI=1S/C12H11FN4O3S/c1-21(19,20)7-2-3-10(9(13)4-7)17-11-8(5-14)12(18)16-6-15-11/h2-6,14H,1H3,(H2,15,16,17,18). The van der Waals surface area contributed by atoms with Crippen molar-refractivity contribution in [1.82, 2.24) is 9.97 Å². The molecule has 9 heteroatoms. The summed E-state index contributed by atoms with van der Waals surface area (Å²) in [6, 6.07) is 3.33. The van der Waals surface area contributed by atoms with Gasteiger partial charge in [0, 0.05) is 12.5 Å². The van der Waals surface area contributed by atoms with Gasteiger partial charge in [0.1, 0.15) is 11.6 Å². The highest BCUT2D eigenvalue weighted by Crippen LogP contribution is 2.22. The molecule has 0 aliphatic heterocycles. The molecule has 0 amide bonds. The minimum absolute atomic E-state index is 0.000226. The number of aromatic amines is 1. The number of anilines is 2. The molecule has 3 N–H and O–H groups in total. The number of H-pyrrole nitrogens is 1. The fourth-order valence-electron chi connectivity index (χ4n) is 1.60. The number of benzene rings is 1. The molecule has 0 atom stereocenters. The van der Waals surface area contributed by atoms with Gasteiger partial charge in [-0.15, -0.1) is 0 Å². The monoisotopic (exact) mass is 310 g/mol. The van der Waals surface area contributed by atoms with Crippen LogP contribution in [0.3, 0.4) is 0 Å². The van der Waals surface area contributed by atoms with Crippen LogP contribution in [0, 0.1) is 11.2 Å². The van der Waals surface area contributed by atoms with Crippen LogP contribution in [0.25, 0.3) is 0 Å². The summed E-state index contributed by atoms with van der Waals surface area (Å²) in [6.07, 6.45) is 2.87. The molecule has 0 aliphatic rings. The molecule has 110 valence electrons. The molecule has 0 radical (unpaired) electrons. The molecule has 1 aromatic carbocycles. The number of hydrogen-bond acceptors (Lipinski definition) is 6. The van der Waals surface area contributed by atoms with Crippen LogP contribution in [0.15, 0.2) is 34.2 Å². The third-order valence-electron chi connectivity index (χ3n) is 2.66. The third kappa shape index (κ3) is 3.14. The van der Waals surface area contributed by atoms with Crippen molar-refractivity contribution < 1.29 is 12.8 Å². The summed E-state index contributed by atoms with van der Waals surface area (Å²) >= 11 is 0. The van der Waals surface area contributed by atoms with Gasteiger partial charge in [0.2, 0.25) is 0 Å². The minimum atomic E-state index is -3.51. The Bertz CT molecular complexity index is 861. The van der Waals surface area contributed by atoms with E-state index < -0.39 is 21.2 Å². The lowest BCUT2D eigenvalue weighted by Crippen LogP contribution is -2.15. The van der Waals surface area contributed by atoms with E-state index in [1.807, 2.05) is 0 Å². The highest BCUT2D eigenvalue weighted by molar-refractivity contribution is 7.90. The molecule has 21 heavy (non-hydrogen) atoms. The molecule has 0 spiro atoms. The summed E-state index contributed by atoms with van der Waals surface area (Å²) < 4.78 is 36.6. The fourth-order valence-corrected chi connectivity index (χ4v) is 2.23. The molecule has 2 rings (SSSR count). The average Bonchev–Trinajstić information content (AvgIpc) is 2.40. The highest BCUT2D eigenvalue weighted by Gasteiger charge is 2.13. The zero-order valence-corrected chi connectivity index (χ0v) is 11.7. The van der Waals surface area contributed by atoms with E-state index in [1.165, 1.54) is 12.1 Å². The summed E-state index contributed by atoms with van der Waals surface area (Å²) in [7, 11) is -3.51. The maximum Gasteiger partial charge on any atom is 0.261 e. The van der Waals surface area contributed by atoms with Crippen molar-refractivity contribution in [2.75, 3.05) is 11.6 Å². The van der Waals surface area contributed by atoms with Crippen LogP contribution < -0.4 is 10.9 Å². The van der Waals surface area contributed by atoms with Gasteiger partial charge in [0.25, 0.3) is 5.56 Å². The lowest BCUT2D eigenvalue weighted by Gasteiger charge is -2.09. The van der Waals surface area contributed by atoms with E-state index in [9.17, 15) is 17.6 Å². The first kappa shape index (κ1) is 14.9. The minimum Gasteiger partial charge on any atom is -0.337 e. The second kappa shape index (κ2) is 5.44. The average molecular weight is 310 g/mol. The number of sulfone groups is 1. The first-order valence-electron chi connectivity index (χ1n) is 5.67. The van der Waals surface area contributed by atoms with E-state index in [0.717, 1.165) is 24.9 Å². The Morgan fingerprint density at radius 1 is 1.43 bits per heavy atom. The predicted molar refractivity (Wildman–Crippen MR) is 75.5 cm³/mol. The molecule has 0 aliphatic carbocycles. The molecule has 1 aromatic heterocycles. The molecule has 1 heterocycles. The van der Waals surface area contributed by atoms with E-state index in [-0.39, 0.29) is 22.0 Å². The Labute approximate surface area is 119 Å². The number of hydrogen-bond donors (Lipinski definition) is 3. The zero-order valence-electron chi connectivity index (χ0n) is 10.8. The number of halogens is 1. The fraction of sp³-hybridized carbons (Fsp3) is 0.0833. The van der Waals surface area contributed by atoms with Crippen LogP contribution in [0.5, 0.6) is 0 Å². The van der Waals surface area contributed by atoms with Crippen LogP contribution in [-0.4, -0.2) is 30.9 Å². The Morgan fingerprint density at radius 3 is 2.71 bits per heavy atom. The second-order valence-corrected chi connectivity index (χ2v) is 6.19. The van der Waals surface area contributed by atoms with Crippen molar-refractivity contribution in [1.29, 1.82) is 5.41 Å². The summed E-state index contributed by atoms with van der Waals surface area (Å²) in [5, 5.41) is 9.72. The molecule has 2 aromatic rings. The van der Waals surface area contributed by atoms with Crippen molar-refractivity contribution in [2.45, 2.75) is 4.90 Å². The van der Waals surface area contributed by atoms with Crippen LogP contribution in [-0.2, 0) is 9.84 Å². The van der Waals surface area contributed by atoms with E-state index in [4.69, 9.17) is 5.41 Å². The quantitative estimate of drug-likeness (QED) is 0.730. The lowest BCUT2D eigenvalue weighted by molar-refractivity contribution is 0.596. The molecular formula is C12H11FN4O3S. The topological polar surface area (TPSA) is 116 Å². The summed E-state index contributed by atoms with van der Waals surface area (Å²) in [4.78, 5) is 17.4. The molecule has 0 saturated heterocycles. The zero-order chi connectivity index (χ0) is 15.6. The molecule has 0 fully saturated rings. The van der Waals surface area contributed by atoms with Crippen LogP contribution >= 0.6 is 0 Å². The summed E-state index contributed by atoms with van der Waals surface area (Å²) in [5.41, 5.74) is -0.664. The Morgan fingerprint density at radius 2 is 2.14 bits per heavy atom. The van der Waals surface area contributed by atoms with Gasteiger partial charge >= 0.3 is 0 Å². The van der Waals surface area contributed by atoms with E-state index in [2.05, 4.69) is 15.3 Å². The first-order chi connectivity index (χ1) is 9.82. The van der Waals surface area contributed by atoms with Gasteiger partial charge in [-0.2, -0.15) is 0 Å². The smallest absolute Gasteiger partial charge is 0.261 e. The SMILES string of the molecule is CS(=O)(=O)c1ccc(Nc2nc[nH]c(=O)c2C=N)c(F)c1. The Balaban J connectivity index is 2.44. The van der Waals surface area contributed by atoms with E-state index in [1.54, 1.807) is 0 Å². The summed E-state index contributed by atoms with van der Waals surface area (Å²) in [5.74, 6) is -0.810. The first-order valence-corrected chi connectivity index (χ1v) is 7.57. The normalized spacial score (nSPS) is 11.1. The number of aromatic nitrogens is 2. The third-order valence-corrected chi connectivity index (χ3v) is 3.77. The molecule has 0 unspecified atom stereocenters. The van der Waals surface area contributed by atoms with Crippen molar-refractivity contribution in [2.24, 2.45) is 0 Å². The van der Waals surface area contributed by atoms with Gasteiger partial charge < -0.3 is 15.7 Å². The molecule has 0 bridgehead atoms. The highest BCUT2D eigenvalue weighted by atomic mass is 32.2. The maximum atomic E-state index is 13.9. The van der Waals surface area contributed by atoms with Crippen molar-refractivity contribution in [3.05, 3.63) is 46.3 Å². The van der Waals surface area contributed by atoms with Gasteiger partial charge in [-0.25, -0.2) is 17.8 Å². The largest absolute Gasteiger partial charge is 0.337 e. The van der Waals surface area contributed by atoms with Gasteiger partial charge in [-0.05, 0) is 18.2 Å². The van der Waals surface area contributed by atoms with Crippen LogP contribution in [0.1, 0.15) is 5.56 Å². The maximum absolute atomic E-state index is 13.9. The van der Waals surface area contributed by atoms with Gasteiger partial charge in [-0.1, -0.05) is 0 Å². The van der Waals surface area contributed by atoms with Gasteiger partial charge in [0.15, 0.2) is 9.84 Å². The molecule has 7 nitrogen and oxygen atoms in total. The molecular weight excluding hydrogens is 299 g/mol. The van der Waals surface area contributed by atoms with E-state index in [0.29, 0.717) is 0 Å². The van der Waals surface area contributed by atoms with Crippen LogP contribution in [0.2, 0.25) is 0 Å².